The third-order valence-corrected chi connectivity index (χ3v) is 4.67. The smallest absolute Gasteiger partial charge is 0.391 e. The zero-order valence-electron chi connectivity index (χ0n) is 14.9. The molecule has 0 amide bonds. The topological polar surface area (TPSA) is 78.6 Å². The van der Waals surface area contributed by atoms with E-state index in [2.05, 4.69) is 20.4 Å². The van der Waals surface area contributed by atoms with Gasteiger partial charge in [-0.1, -0.05) is 0 Å². The van der Waals surface area contributed by atoms with E-state index in [1.165, 1.54) is 12.4 Å². The van der Waals surface area contributed by atoms with Crippen LogP contribution in [0.3, 0.4) is 0 Å². The standard InChI is InChI=1S/C18H19F3N6O/c19-18(20,21)15-9-14-17(23-5-7-27(14)25-15)24-10-12-3-4-22-16(8-12)26-6-1-2-13(28)11-26/h3-5,7-9,13,28H,1-2,6,10-11H2,(H,23,24). The van der Waals surface area contributed by atoms with Crippen molar-refractivity contribution in [2.45, 2.75) is 31.7 Å². The minimum atomic E-state index is -4.51. The first kappa shape index (κ1) is 18.5. The van der Waals surface area contributed by atoms with Crippen LogP contribution in [0, 0.1) is 0 Å². The maximum absolute atomic E-state index is 12.9. The highest BCUT2D eigenvalue weighted by atomic mass is 19.4. The third-order valence-electron chi connectivity index (χ3n) is 4.67. The number of alkyl halides is 3. The molecule has 148 valence electrons. The predicted molar refractivity (Wildman–Crippen MR) is 97.0 cm³/mol. The Kier molecular flexibility index (Phi) is 4.80. The molecule has 1 saturated heterocycles. The number of halogens is 3. The zero-order chi connectivity index (χ0) is 19.7. The first-order chi connectivity index (χ1) is 13.4. The SMILES string of the molecule is OC1CCCN(c2cc(CNc3nccn4nc(C(F)(F)F)cc34)ccn2)C1. The Morgan fingerprint density at radius 1 is 1.21 bits per heavy atom. The Labute approximate surface area is 158 Å². The molecule has 3 aromatic heterocycles. The number of aliphatic hydroxyl groups is 1. The van der Waals surface area contributed by atoms with Gasteiger partial charge in [0, 0.05) is 44.3 Å². The summed E-state index contributed by atoms with van der Waals surface area (Å²) in [6.45, 7) is 1.74. The number of hydrogen-bond donors (Lipinski definition) is 2. The molecule has 0 aromatic carbocycles. The van der Waals surface area contributed by atoms with Crippen molar-refractivity contribution in [2.24, 2.45) is 0 Å². The van der Waals surface area contributed by atoms with Crippen molar-refractivity contribution >= 4 is 17.2 Å². The summed E-state index contributed by atoms with van der Waals surface area (Å²) < 4.78 is 39.9. The molecule has 1 aliphatic heterocycles. The van der Waals surface area contributed by atoms with E-state index >= 15 is 0 Å². The van der Waals surface area contributed by atoms with Crippen LogP contribution in [0.2, 0.25) is 0 Å². The Morgan fingerprint density at radius 2 is 2.07 bits per heavy atom. The van der Waals surface area contributed by atoms with Crippen molar-refractivity contribution in [1.29, 1.82) is 0 Å². The van der Waals surface area contributed by atoms with Crippen molar-refractivity contribution in [2.75, 3.05) is 23.3 Å². The van der Waals surface area contributed by atoms with Gasteiger partial charge in [-0.05, 0) is 30.5 Å². The minimum Gasteiger partial charge on any atom is -0.391 e. The summed E-state index contributed by atoms with van der Waals surface area (Å²) in [5.74, 6) is 1.09. The van der Waals surface area contributed by atoms with E-state index < -0.39 is 11.9 Å². The number of nitrogens with zero attached hydrogens (tertiary/aromatic N) is 5. The van der Waals surface area contributed by atoms with E-state index in [9.17, 15) is 18.3 Å². The lowest BCUT2D eigenvalue weighted by Crippen LogP contribution is -2.38. The van der Waals surface area contributed by atoms with Gasteiger partial charge in [0.15, 0.2) is 11.5 Å². The number of rotatable bonds is 4. The van der Waals surface area contributed by atoms with Gasteiger partial charge in [0.05, 0.1) is 6.10 Å². The molecule has 0 saturated carbocycles. The molecule has 4 rings (SSSR count). The van der Waals surface area contributed by atoms with Gasteiger partial charge in [-0.2, -0.15) is 18.3 Å². The maximum atomic E-state index is 12.9. The number of piperidine rings is 1. The van der Waals surface area contributed by atoms with Crippen LogP contribution in [-0.4, -0.2) is 43.9 Å². The average molecular weight is 392 g/mol. The largest absolute Gasteiger partial charge is 0.435 e. The quantitative estimate of drug-likeness (QED) is 0.711. The van der Waals surface area contributed by atoms with Crippen LogP contribution < -0.4 is 10.2 Å². The van der Waals surface area contributed by atoms with E-state index in [1.807, 2.05) is 17.0 Å². The Morgan fingerprint density at radius 3 is 2.86 bits per heavy atom. The summed E-state index contributed by atoms with van der Waals surface area (Å²) in [4.78, 5) is 10.5. The zero-order valence-corrected chi connectivity index (χ0v) is 14.9. The van der Waals surface area contributed by atoms with E-state index in [4.69, 9.17) is 0 Å². The lowest BCUT2D eigenvalue weighted by molar-refractivity contribution is -0.141. The van der Waals surface area contributed by atoms with E-state index in [0.29, 0.717) is 18.9 Å². The fourth-order valence-corrected chi connectivity index (χ4v) is 3.29. The average Bonchev–Trinajstić information content (AvgIpc) is 3.12. The third kappa shape index (κ3) is 3.86. The highest BCUT2D eigenvalue weighted by Gasteiger charge is 2.34. The second-order valence-corrected chi connectivity index (χ2v) is 6.75. The lowest BCUT2D eigenvalue weighted by atomic mass is 10.1. The molecule has 1 fully saturated rings. The molecule has 0 radical (unpaired) electrons. The van der Waals surface area contributed by atoms with Gasteiger partial charge in [0.2, 0.25) is 0 Å². The van der Waals surface area contributed by atoms with Gasteiger partial charge in [-0.3, -0.25) is 0 Å². The van der Waals surface area contributed by atoms with Gasteiger partial charge in [-0.15, -0.1) is 0 Å². The molecule has 0 aliphatic carbocycles. The number of pyridine rings is 1. The van der Waals surface area contributed by atoms with E-state index in [-0.39, 0.29) is 11.6 Å². The van der Waals surface area contributed by atoms with Gasteiger partial charge in [0.25, 0.3) is 0 Å². The number of hydrogen-bond acceptors (Lipinski definition) is 6. The lowest BCUT2D eigenvalue weighted by Gasteiger charge is -2.31. The summed E-state index contributed by atoms with van der Waals surface area (Å²) >= 11 is 0. The van der Waals surface area contributed by atoms with Crippen LogP contribution in [0.1, 0.15) is 24.1 Å². The monoisotopic (exact) mass is 392 g/mol. The first-order valence-corrected chi connectivity index (χ1v) is 8.93. The number of aromatic nitrogens is 4. The van der Waals surface area contributed by atoms with Crippen LogP contribution >= 0.6 is 0 Å². The molecule has 10 heteroatoms. The second-order valence-electron chi connectivity index (χ2n) is 6.75. The first-order valence-electron chi connectivity index (χ1n) is 8.93. The molecule has 28 heavy (non-hydrogen) atoms. The molecular weight excluding hydrogens is 373 g/mol. The molecule has 1 atom stereocenters. The van der Waals surface area contributed by atoms with Crippen LogP contribution in [0.4, 0.5) is 24.8 Å². The fraction of sp³-hybridized carbons (Fsp3) is 0.389. The number of β-amino-alcohol motifs (C(OH)–C–C–N with tert-alkyl or cyclic N) is 1. The number of fused-ring (bicyclic) bond motifs is 1. The van der Waals surface area contributed by atoms with Gasteiger partial charge in [-0.25, -0.2) is 14.5 Å². The molecule has 0 bridgehead atoms. The summed E-state index contributed by atoms with van der Waals surface area (Å²) in [5, 5.41) is 16.5. The van der Waals surface area contributed by atoms with E-state index in [0.717, 1.165) is 41.3 Å². The van der Waals surface area contributed by atoms with Crippen molar-refractivity contribution in [3.63, 3.8) is 0 Å². The summed E-state index contributed by atoms with van der Waals surface area (Å²) in [6.07, 6.45) is 1.28. The normalized spacial score (nSPS) is 17.9. The Bertz CT molecular complexity index is 973. The van der Waals surface area contributed by atoms with Gasteiger partial charge >= 0.3 is 6.18 Å². The number of nitrogens with one attached hydrogen (secondary N) is 1. The van der Waals surface area contributed by atoms with Gasteiger partial charge in [0.1, 0.15) is 11.3 Å². The molecule has 0 spiro atoms. The molecule has 7 nitrogen and oxygen atoms in total. The summed E-state index contributed by atoms with van der Waals surface area (Å²) in [7, 11) is 0. The summed E-state index contributed by atoms with van der Waals surface area (Å²) in [5.41, 5.74) is 0.200. The second kappa shape index (κ2) is 7.27. The number of aliphatic hydroxyl groups excluding tert-OH is 1. The maximum Gasteiger partial charge on any atom is 0.435 e. The molecule has 2 N–H and O–H groups in total. The minimum absolute atomic E-state index is 0.253. The summed E-state index contributed by atoms with van der Waals surface area (Å²) in [6, 6.07) is 4.71. The van der Waals surface area contributed by atoms with Gasteiger partial charge < -0.3 is 15.3 Å². The van der Waals surface area contributed by atoms with Crippen molar-refractivity contribution in [1.82, 2.24) is 19.6 Å². The Balaban J connectivity index is 1.52. The fourth-order valence-electron chi connectivity index (χ4n) is 3.29. The van der Waals surface area contributed by atoms with Crippen LogP contribution in [0.5, 0.6) is 0 Å². The van der Waals surface area contributed by atoms with Crippen molar-refractivity contribution in [3.05, 3.63) is 48.0 Å². The van der Waals surface area contributed by atoms with Crippen molar-refractivity contribution in [3.8, 4) is 0 Å². The molecule has 1 aliphatic rings. The highest BCUT2D eigenvalue weighted by molar-refractivity contribution is 5.68. The number of anilines is 2. The van der Waals surface area contributed by atoms with Crippen LogP contribution in [0.15, 0.2) is 36.8 Å². The molecule has 4 heterocycles. The highest BCUT2D eigenvalue weighted by Crippen LogP contribution is 2.30. The predicted octanol–water partition coefficient (Wildman–Crippen LogP) is 2.72. The molecule has 3 aromatic rings. The molecule has 1 unspecified atom stereocenters. The van der Waals surface area contributed by atoms with Crippen LogP contribution in [0.25, 0.3) is 5.52 Å². The van der Waals surface area contributed by atoms with Crippen molar-refractivity contribution < 1.29 is 18.3 Å². The van der Waals surface area contributed by atoms with E-state index in [1.54, 1.807) is 6.20 Å². The van der Waals surface area contributed by atoms with Crippen LogP contribution in [-0.2, 0) is 12.7 Å². The Hall–Kier alpha value is -2.88. The molecular formula is C18H19F3N6O.